The number of carbonyl (C=O) groups is 1. The molecule has 1 atom stereocenters. The smallest absolute Gasteiger partial charge is 0.337 e. The van der Waals surface area contributed by atoms with Crippen LogP contribution in [0.1, 0.15) is 47.3 Å². The van der Waals surface area contributed by atoms with E-state index in [1.807, 2.05) is 0 Å². The zero-order valence-electron chi connectivity index (χ0n) is 20.6. The van der Waals surface area contributed by atoms with E-state index in [0.29, 0.717) is 34.9 Å². The highest BCUT2D eigenvalue weighted by atomic mass is 16.5. The number of benzene rings is 2. The molecule has 0 unspecified atom stereocenters. The zero-order valence-corrected chi connectivity index (χ0v) is 20.6. The molecule has 0 spiro atoms. The number of carboxylic acid groups (broad SMARTS) is 1. The van der Waals surface area contributed by atoms with Crippen molar-refractivity contribution in [3.05, 3.63) is 83.2 Å². The topological polar surface area (TPSA) is 115 Å². The van der Waals surface area contributed by atoms with Crippen LogP contribution < -0.4 is 10.1 Å². The summed E-state index contributed by atoms with van der Waals surface area (Å²) >= 11 is 0. The van der Waals surface area contributed by atoms with Crippen LogP contribution in [-0.4, -0.2) is 46.0 Å². The Kier molecular flexibility index (Phi) is 7.68. The van der Waals surface area contributed by atoms with Crippen LogP contribution in [0, 0.1) is 17.2 Å². The second kappa shape index (κ2) is 10.9. The molecule has 36 heavy (non-hydrogen) atoms. The molecular weight excluding hydrogens is 454 g/mol. The number of nitrogens with one attached hydrogen (secondary N) is 1. The maximum Gasteiger partial charge on any atom is 0.337 e. The molecule has 3 aromatic rings. The number of rotatable bonds is 10. The predicted octanol–water partition coefficient (Wildman–Crippen LogP) is 4.23. The van der Waals surface area contributed by atoms with Gasteiger partial charge in [-0.1, -0.05) is 30.3 Å². The van der Waals surface area contributed by atoms with Gasteiger partial charge in [0, 0.05) is 30.0 Å². The van der Waals surface area contributed by atoms with E-state index < -0.39 is 12.1 Å². The number of pyridine rings is 1. The van der Waals surface area contributed by atoms with E-state index in [1.54, 1.807) is 24.4 Å². The van der Waals surface area contributed by atoms with Gasteiger partial charge in [0.05, 0.1) is 11.1 Å². The lowest BCUT2D eigenvalue weighted by molar-refractivity contribution is 0.0696. The van der Waals surface area contributed by atoms with Crippen molar-refractivity contribution in [2.45, 2.75) is 44.8 Å². The van der Waals surface area contributed by atoms with Crippen LogP contribution in [0.3, 0.4) is 0 Å². The van der Waals surface area contributed by atoms with Crippen LogP contribution in [0.2, 0.25) is 0 Å². The fourth-order valence-electron chi connectivity index (χ4n) is 4.86. The predicted molar refractivity (Wildman–Crippen MR) is 137 cm³/mol. The molecule has 0 radical (unpaired) electrons. The molecule has 3 N–H and O–H groups in total. The van der Waals surface area contributed by atoms with Crippen molar-refractivity contribution in [2.24, 2.45) is 5.92 Å². The van der Waals surface area contributed by atoms with Crippen molar-refractivity contribution in [3.63, 3.8) is 0 Å². The Balaban J connectivity index is 1.33. The first kappa shape index (κ1) is 25.4. The maximum absolute atomic E-state index is 11.3. The van der Waals surface area contributed by atoms with E-state index in [4.69, 9.17) is 4.74 Å². The number of hydrogen-bond acceptors (Lipinski definition) is 6. The number of fused-ring (bicyclic) bond motifs is 1. The molecule has 186 valence electrons. The van der Waals surface area contributed by atoms with Gasteiger partial charge in [-0.05, 0) is 73.9 Å². The van der Waals surface area contributed by atoms with Crippen molar-refractivity contribution in [3.8, 4) is 22.9 Å². The Morgan fingerprint density at radius 2 is 1.89 bits per heavy atom. The molecule has 0 fully saturated rings. The van der Waals surface area contributed by atoms with Gasteiger partial charge in [-0.15, -0.1) is 0 Å². The van der Waals surface area contributed by atoms with Gasteiger partial charge in [-0.25, -0.2) is 4.79 Å². The summed E-state index contributed by atoms with van der Waals surface area (Å²) in [5, 5.41) is 32.8. The normalized spacial score (nSPS) is 14.2. The highest BCUT2D eigenvalue weighted by molar-refractivity contribution is 5.89. The number of β-amino-alcohol motifs (C(OH)–C–C–N with tert-alkyl or cyclic N) is 1. The van der Waals surface area contributed by atoms with Crippen LogP contribution >= 0.6 is 0 Å². The molecule has 7 nitrogen and oxygen atoms in total. The number of ether oxygens (including phenoxy) is 1. The minimum atomic E-state index is -1.06. The van der Waals surface area contributed by atoms with Crippen LogP contribution in [0.4, 0.5) is 0 Å². The summed E-state index contributed by atoms with van der Waals surface area (Å²) in [5.74, 6) is -0.156. The minimum Gasteiger partial charge on any atom is -0.489 e. The molecule has 2 aromatic carbocycles. The molecule has 0 saturated heterocycles. The number of nitriles is 1. The van der Waals surface area contributed by atoms with Crippen molar-refractivity contribution >= 4 is 5.97 Å². The quantitative estimate of drug-likeness (QED) is 0.394. The Bertz CT molecular complexity index is 1260. The van der Waals surface area contributed by atoms with Gasteiger partial charge in [0.2, 0.25) is 0 Å². The number of aliphatic hydroxyl groups excluding tert-OH is 1. The van der Waals surface area contributed by atoms with Crippen LogP contribution in [0.5, 0.6) is 5.75 Å². The molecule has 0 saturated carbocycles. The molecule has 7 heteroatoms. The monoisotopic (exact) mass is 485 g/mol. The molecule has 1 heterocycles. The lowest BCUT2D eigenvalue weighted by atomic mass is 9.88. The minimum absolute atomic E-state index is 0.0174. The second-order valence-corrected chi connectivity index (χ2v) is 10.1. The van der Waals surface area contributed by atoms with Crippen LogP contribution in [0.25, 0.3) is 11.1 Å². The lowest BCUT2D eigenvalue weighted by Gasteiger charge is -2.30. The number of aromatic nitrogens is 1. The highest BCUT2D eigenvalue weighted by Gasteiger charge is 2.28. The lowest BCUT2D eigenvalue weighted by Crippen LogP contribution is -2.46. The summed E-state index contributed by atoms with van der Waals surface area (Å²) in [6.45, 7) is 4.68. The third-order valence-electron chi connectivity index (χ3n) is 6.60. The zero-order chi connectivity index (χ0) is 25.7. The summed E-state index contributed by atoms with van der Waals surface area (Å²) in [7, 11) is 0. The molecule has 0 aliphatic heterocycles. The Hall–Kier alpha value is -3.73. The Morgan fingerprint density at radius 3 is 2.56 bits per heavy atom. The molecular formula is C29H31N3O4. The van der Waals surface area contributed by atoms with Gasteiger partial charge in [0.25, 0.3) is 0 Å². The van der Waals surface area contributed by atoms with Gasteiger partial charge >= 0.3 is 5.97 Å². The van der Waals surface area contributed by atoms with Gasteiger partial charge in [-0.3, -0.25) is 4.98 Å². The van der Waals surface area contributed by atoms with Crippen molar-refractivity contribution < 1.29 is 19.7 Å². The second-order valence-electron chi connectivity index (χ2n) is 10.1. The molecule has 0 bridgehead atoms. The third-order valence-corrected chi connectivity index (χ3v) is 6.60. The number of hydrogen-bond donors (Lipinski definition) is 3. The summed E-state index contributed by atoms with van der Waals surface area (Å²) in [5.41, 5.74) is 4.41. The van der Waals surface area contributed by atoms with Crippen LogP contribution in [-0.2, 0) is 12.8 Å². The fourth-order valence-corrected chi connectivity index (χ4v) is 4.86. The van der Waals surface area contributed by atoms with E-state index in [-0.39, 0.29) is 17.7 Å². The number of aliphatic hydroxyl groups is 1. The molecule has 4 rings (SSSR count). The average molecular weight is 486 g/mol. The molecule has 1 aromatic heterocycles. The Morgan fingerprint density at radius 1 is 1.17 bits per heavy atom. The first-order valence-electron chi connectivity index (χ1n) is 12.1. The highest BCUT2D eigenvalue weighted by Crippen LogP contribution is 2.32. The van der Waals surface area contributed by atoms with Gasteiger partial charge < -0.3 is 20.3 Å². The van der Waals surface area contributed by atoms with Gasteiger partial charge in [0.15, 0.2) is 0 Å². The fraction of sp³-hybridized carbons (Fsp3) is 0.345. The first-order chi connectivity index (χ1) is 17.2. The number of aromatic carboxylic acids is 1. The number of nitrogens with zero attached hydrogens (tertiary/aromatic N) is 2. The SMILES string of the molecule is CC(C)(CC1Cc2ccccc2C1)NC[C@@H](O)COc1cc(-c2cncc(C(=O)O)c2)ccc1C#N. The molecule has 1 aliphatic carbocycles. The summed E-state index contributed by atoms with van der Waals surface area (Å²) in [6.07, 6.45) is 5.25. The number of carboxylic acids is 1. The largest absolute Gasteiger partial charge is 0.489 e. The van der Waals surface area contributed by atoms with Crippen molar-refractivity contribution in [2.75, 3.05) is 13.2 Å². The van der Waals surface area contributed by atoms with E-state index in [9.17, 15) is 20.3 Å². The molecule has 0 amide bonds. The summed E-state index contributed by atoms with van der Waals surface area (Å²) in [6, 6.07) is 17.2. The van der Waals surface area contributed by atoms with Crippen molar-refractivity contribution in [1.29, 1.82) is 5.26 Å². The van der Waals surface area contributed by atoms with Crippen molar-refractivity contribution in [1.82, 2.24) is 10.3 Å². The molecule has 1 aliphatic rings. The van der Waals surface area contributed by atoms with E-state index in [1.165, 1.54) is 23.4 Å². The summed E-state index contributed by atoms with van der Waals surface area (Å²) in [4.78, 5) is 15.3. The first-order valence-corrected chi connectivity index (χ1v) is 12.1. The van der Waals surface area contributed by atoms with E-state index in [0.717, 1.165) is 19.3 Å². The van der Waals surface area contributed by atoms with Crippen LogP contribution in [0.15, 0.2) is 60.9 Å². The maximum atomic E-state index is 11.3. The van der Waals surface area contributed by atoms with E-state index in [2.05, 4.69) is 54.5 Å². The third kappa shape index (κ3) is 6.28. The average Bonchev–Trinajstić information content (AvgIpc) is 3.27. The van der Waals surface area contributed by atoms with E-state index >= 15 is 0 Å². The van der Waals surface area contributed by atoms with Gasteiger partial charge in [-0.2, -0.15) is 5.26 Å². The standard InChI is InChI=1S/C29H31N3O4/c1-29(2,13-19-9-20-5-3-4-6-21(20)10-19)32-17-26(33)18-36-27-12-22(7-8-23(27)14-30)24-11-25(28(34)35)16-31-15-24/h3-8,11-12,15-16,19,26,32-33H,9-10,13,17-18H2,1-2H3,(H,34,35)/t26-/m1/s1. The summed E-state index contributed by atoms with van der Waals surface area (Å²) < 4.78 is 5.82. The Labute approximate surface area is 211 Å². The van der Waals surface area contributed by atoms with Gasteiger partial charge in [0.1, 0.15) is 24.5 Å².